The third-order valence-corrected chi connectivity index (χ3v) is 17.8. The van der Waals surface area contributed by atoms with Crippen LogP contribution >= 0.6 is 0 Å². The minimum absolute atomic E-state index is 0.0292. The maximum Gasteiger partial charge on any atom is 0.417 e. The Morgan fingerprint density at radius 3 is 0.781 bits per heavy atom. The van der Waals surface area contributed by atoms with Crippen molar-refractivity contribution in [2.75, 3.05) is 0 Å². The minimum Gasteiger partial charge on any atom is -0.308 e. The zero-order valence-electron chi connectivity index (χ0n) is 50.7. The summed E-state index contributed by atoms with van der Waals surface area (Å²) < 4.78 is 97.9. The summed E-state index contributed by atoms with van der Waals surface area (Å²) in [5, 5.41) is 14.8. The predicted molar refractivity (Wildman–Crippen MR) is 370 cm³/mol. The van der Waals surface area contributed by atoms with E-state index in [4.69, 9.17) is 19.9 Å². The number of pyridine rings is 4. The third kappa shape index (κ3) is 10.6. The van der Waals surface area contributed by atoms with Crippen molar-refractivity contribution in [2.24, 2.45) is 0 Å². The van der Waals surface area contributed by atoms with Gasteiger partial charge in [0.05, 0.1) is 67.3 Å². The molecule has 0 radical (unpaired) electrons. The van der Waals surface area contributed by atoms with E-state index in [2.05, 4.69) is 6.07 Å². The van der Waals surface area contributed by atoms with Crippen molar-refractivity contribution < 1.29 is 26.3 Å². The van der Waals surface area contributed by atoms with E-state index in [1.807, 2.05) is 243 Å². The normalized spacial score (nSPS) is 11.8. The Morgan fingerprint density at radius 1 is 0.271 bits per heavy atom. The molecule has 6 heterocycles. The largest absolute Gasteiger partial charge is 0.417 e. The van der Waals surface area contributed by atoms with Gasteiger partial charge in [-0.05, 0) is 125 Å². The van der Waals surface area contributed by atoms with Gasteiger partial charge >= 0.3 is 12.4 Å². The van der Waals surface area contributed by atoms with Crippen LogP contribution in [0.3, 0.4) is 0 Å². The molecule has 458 valence electrons. The van der Waals surface area contributed by atoms with Crippen LogP contribution in [0.5, 0.6) is 0 Å². The highest BCUT2D eigenvalue weighted by Crippen LogP contribution is 2.49. The lowest BCUT2D eigenvalue weighted by Crippen LogP contribution is -2.15. The van der Waals surface area contributed by atoms with Gasteiger partial charge in [-0.2, -0.15) is 31.6 Å². The van der Waals surface area contributed by atoms with Crippen LogP contribution in [-0.4, -0.2) is 29.1 Å². The number of nitrogens with zero attached hydrogens (tertiary/aromatic N) is 7. The van der Waals surface area contributed by atoms with E-state index < -0.39 is 34.6 Å². The second-order valence-corrected chi connectivity index (χ2v) is 23.5. The van der Waals surface area contributed by atoms with Crippen LogP contribution in [0.25, 0.3) is 156 Å². The van der Waals surface area contributed by atoms with Crippen LogP contribution < -0.4 is 0 Å². The predicted octanol–water partition coefficient (Wildman–Crippen LogP) is 22.4. The van der Waals surface area contributed by atoms with Crippen LogP contribution in [0.15, 0.2) is 298 Å². The smallest absolute Gasteiger partial charge is 0.308 e. The maximum absolute atomic E-state index is 15.7. The van der Waals surface area contributed by atoms with Gasteiger partial charge in [-0.3, -0.25) is 19.9 Å². The molecule has 0 aliphatic heterocycles. The molecule has 6 aromatic heterocycles. The fourth-order valence-electron chi connectivity index (χ4n) is 13.2. The molecule has 16 aromatic rings. The Morgan fingerprint density at radius 2 is 0.542 bits per heavy atom. The van der Waals surface area contributed by atoms with Crippen molar-refractivity contribution >= 4 is 43.6 Å². The number of nitriles is 1. The molecule has 96 heavy (non-hydrogen) atoms. The second kappa shape index (κ2) is 23.5. The Balaban J connectivity index is 0.960. The number of hydrogen-bond donors (Lipinski definition) is 0. The van der Waals surface area contributed by atoms with Crippen LogP contribution in [0, 0.1) is 11.3 Å². The Labute approximate surface area is 546 Å². The van der Waals surface area contributed by atoms with E-state index in [0.29, 0.717) is 55.7 Å². The average Bonchev–Trinajstić information content (AvgIpc) is 1.52. The highest BCUT2D eigenvalue weighted by Gasteiger charge is 2.42. The molecule has 0 saturated heterocycles. The molecule has 0 aliphatic carbocycles. The standard InChI is InChI=1S/C83H49F6N7/c84-82(85,86)69-22-13-23-70(83(87,88)89)81(69)63-44-79(95-75-36-28-55(59-24-32-71(91-47-59)51-14-5-1-6-15-51)40-64(75)65-41-56(29-37-76(65)95)60-25-33-72(92-48-60)52-16-7-2-8-17-52)68(46-90)80(45-63)96-77-38-30-57(61-26-34-73(93-49-61)53-18-9-3-10-19-53)42-66(77)67-43-58(31-39-78(67)96)62-27-35-74(94-50-62)54-20-11-4-12-21-54/h1-45,47-50H. The molecule has 13 heteroatoms. The van der Waals surface area contributed by atoms with E-state index in [0.717, 1.165) is 95.6 Å². The van der Waals surface area contributed by atoms with E-state index in [1.54, 1.807) is 33.9 Å². The van der Waals surface area contributed by atoms with Gasteiger partial charge in [0, 0.05) is 96.4 Å². The number of hydrogen-bond acceptors (Lipinski definition) is 5. The highest BCUT2D eigenvalue weighted by molar-refractivity contribution is 6.14. The van der Waals surface area contributed by atoms with Crippen LogP contribution in [0.1, 0.15) is 16.7 Å². The van der Waals surface area contributed by atoms with Crippen molar-refractivity contribution in [3.63, 3.8) is 0 Å². The van der Waals surface area contributed by atoms with Gasteiger partial charge in [-0.15, -0.1) is 0 Å². The molecule has 0 saturated carbocycles. The summed E-state index contributed by atoms with van der Waals surface area (Å²) in [6.45, 7) is 0. The number of alkyl halides is 6. The first-order valence-electron chi connectivity index (χ1n) is 30.9. The second-order valence-electron chi connectivity index (χ2n) is 23.5. The first-order chi connectivity index (χ1) is 46.8. The summed E-state index contributed by atoms with van der Waals surface area (Å²) in [5.41, 5.74) is 10.8. The summed E-state index contributed by atoms with van der Waals surface area (Å²) >= 11 is 0. The molecular formula is C83H49F6N7. The first-order valence-corrected chi connectivity index (χ1v) is 30.9. The first kappa shape index (κ1) is 58.5. The molecule has 0 aliphatic rings. The van der Waals surface area contributed by atoms with Gasteiger partial charge in [0.25, 0.3) is 0 Å². The van der Waals surface area contributed by atoms with Crippen molar-refractivity contribution in [1.82, 2.24) is 29.1 Å². The van der Waals surface area contributed by atoms with Crippen molar-refractivity contribution in [1.29, 1.82) is 5.26 Å². The SMILES string of the molecule is N#Cc1c(-n2c3ccc(-c4ccc(-c5ccccc5)nc4)cc3c3cc(-c4ccc(-c5ccccc5)nc4)ccc32)cc(-c2c(C(F)(F)F)cccc2C(F)(F)F)cc1-n1c2ccc(-c3ccc(-c4ccccc4)nc3)cc2c2cc(-c3ccc(-c4ccccc4)nc3)ccc21. The lowest BCUT2D eigenvalue weighted by atomic mass is 9.91. The summed E-state index contributed by atoms with van der Waals surface area (Å²) in [5.74, 6) is 0. The van der Waals surface area contributed by atoms with Gasteiger partial charge in [-0.1, -0.05) is 176 Å². The zero-order chi connectivity index (χ0) is 65.2. The quantitative estimate of drug-likeness (QED) is 0.120. The van der Waals surface area contributed by atoms with E-state index in [-0.39, 0.29) is 16.9 Å². The number of fused-ring (bicyclic) bond motifs is 6. The van der Waals surface area contributed by atoms with E-state index in [1.165, 1.54) is 12.1 Å². The maximum atomic E-state index is 15.7. The monoisotopic (exact) mass is 1260 g/mol. The van der Waals surface area contributed by atoms with Crippen LogP contribution in [-0.2, 0) is 12.4 Å². The van der Waals surface area contributed by atoms with Crippen molar-refractivity contribution in [3.8, 4) is 118 Å². The lowest BCUT2D eigenvalue weighted by molar-refractivity contribution is -0.142. The Bertz CT molecular complexity index is 5070. The van der Waals surface area contributed by atoms with Gasteiger partial charge in [0.15, 0.2) is 0 Å². The lowest BCUT2D eigenvalue weighted by Gasteiger charge is -2.22. The number of rotatable bonds is 11. The van der Waals surface area contributed by atoms with Crippen molar-refractivity contribution in [3.05, 3.63) is 314 Å². The number of halogens is 6. The molecule has 0 unspecified atom stereocenters. The Kier molecular flexibility index (Phi) is 14.4. The molecule has 0 atom stereocenters. The van der Waals surface area contributed by atoms with Gasteiger partial charge in [0.2, 0.25) is 0 Å². The Hall–Kier alpha value is -12.5. The number of benzene rings is 10. The molecule has 0 fully saturated rings. The summed E-state index contributed by atoms with van der Waals surface area (Å²) in [6.07, 6.45) is -3.33. The highest BCUT2D eigenvalue weighted by atomic mass is 19.4. The summed E-state index contributed by atoms with van der Waals surface area (Å²) in [7, 11) is 0. The minimum atomic E-state index is -5.26. The van der Waals surface area contributed by atoms with Gasteiger partial charge in [0.1, 0.15) is 11.6 Å². The van der Waals surface area contributed by atoms with E-state index >= 15 is 26.3 Å². The average molecular weight is 1260 g/mol. The van der Waals surface area contributed by atoms with Crippen molar-refractivity contribution in [2.45, 2.75) is 12.4 Å². The topological polar surface area (TPSA) is 85.2 Å². The molecule has 10 aromatic carbocycles. The number of aromatic nitrogens is 6. The van der Waals surface area contributed by atoms with E-state index in [9.17, 15) is 5.26 Å². The summed E-state index contributed by atoms with van der Waals surface area (Å²) in [4.78, 5) is 19.4. The van der Waals surface area contributed by atoms with Crippen LogP contribution in [0.4, 0.5) is 26.3 Å². The van der Waals surface area contributed by atoms with Gasteiger partial charge in [-0.25, -0.2) is 0 Å². The molecular weight excluding hydrogens is 1210 g/mol. The molecule has 7 nitrogen and oxygen atoms in total. The molecule has 0 amide bonds. The molecule has 0 N–H and O–H groups in total. The fourth-order valence-corrected chi connectivity index (χ4v) is 13.2. The molecule has 0 spiro atoms. The molecule has 0 bridgehead atoms. The fraction of sp³-hybridized carbons (Fsp3) is 0.0241. The molecule has 16 rings (SSSR count). The van der Waals surface area contributed by atoms with Crippen LogP contribution in [0.2, 0.25) is 0 Å². The third-order valence-electron chi connectivity index (χ3n) is 17.8. The van der Waals surface area contributed by atoms with Gasteiger partial charge < -0.3 is 9.13 Å². The summed E-state index contributed by atoms with van der Waals surface area (Å²) in [6, 6.07) is 85.2. The zero-order valence-corrected chi connectivity index (χ0v) is 50.7.